The molecule has 0 aliphatic carbocycles. The molecule has 24 heavy (non-hydrogen) atoms. The van der Waals surface area contributed by atoms with Gasteiger partial charge in [0.15, 0.2) is 0 Å². The number of nitrogens with zero attached hydrogens (tertiary/aromatic N) is 2. The molecule has 2 rings (SSSR count). The lowest BCUT2D eigenvalue weighted by Crippen LogP contribution is -2.50. The highest BCUT2D eigenvalue weighted by molar-refractivity contribution is 5.85. The highest BCUT2D eigenvalue weighted by atomic mass is 35.5. The summed E-state index contributed by atoms with van der Waals surface area (Å²) < 4.78 is 36.9. The van der Waals surface area contributed by atoms with Gasteiger partial charge in [0.2, 0.25) is 5.91 Å². The van der Waals surface area contributed by atoms with Gasteiger partial charge in [0.1, 0.15) is 0 Å². The maximum Gasteiger partial charge on any atom is 0.401 e. The number of aryl methyl sites for hydroxylation is 1. The van der Waals surface area contributed by atoms with Crippen molar-refractivity contribution in [3.63, 3.8) is 0 Å². The summed E-state index contributed by atoms with van der Waals surface area (Å²) in [5.74, 6) is -0.0325. The quantitative estimate of drug-likeness (QED) is 0.808. The molecule has 1 aliphatic heterocycles. The predicted molar refractivity (Wildman–Crippen MR) is 92.7 cm³/mol. The first-order valence-corrected chi connectivity index (χ1v) is 7.25. The summed E-state index contributed by atoms with van der Waals surface area (Å²) in [5, 5.41) is 0. The van der Waals surface area contributed by atoms with Crippen LogP contribution in [-0.2, 0) is 11.2 Å². The lowest BCUT2D eigenvalue weighted by Gasteiger charge is -2.35. The van der Waals surface area contributed by atoms with Crippen LogP contribution in [0.1, 0.15) is 12.0 Å². The summed E-state index contributed by atoms with van der Waals surface area (Å²) >= 11 is 0. The Bertz CT molecular complexity index is 521. The average molecular weight is 388 g/mol. The third-order valence-corrected chi connectivity index (χ3v) is 3.79. The van der Waals surface area contributed by atoms with Crippen LogP contribution in [0.3, 0.4) is 0 Å². The third-order valence-electron chi connectivity index (χ3n) is 3.79. The van der Waals surface area contributed by atoms with Gasteiger partial charge in [-0.15, -0.1) is 24.8 Å². The Kier molecular flexibility index (Phi) is 9.47. The van der Waals surface area contributed by atoms with Crippen molar-refractivity contribution in [3.8, 4) is 0 Å². The molecular weight excluding hydrogens is 366 g/mol. The number of anilines is 1. The Morgan fingerprint density at radius 2 is 1.67 bits per heavy atom. The Hall–Kier alpha value is -1.18. The van der Waals surface area contributed by atoms with E-state index in [0.29, 0.717) is 31.6 Å². The molecule has 0 spiro atoms. The molecule has 1 aromatic rings. The molecule has 0 saturated carbocycles. The number of carbonyl (C=O) groups excluding carboxylic acids is 1. The van der Waals surface area contributed by atoms with Gasteiger partial charge in [-0.2, -0.15) is 13.2 Å². The van der Waals surface area contributed by atoms with Crippen molar-refractivity contribution in [1.29, 1.82) is 0 Å². The molecule has 138 valence electrons. The summed E-state index contributed by atoms with van der Waals surface area (Å²) in [6, 6.07) is 7.37. The van der Waals surface area contributed by atoms with E-state index in [9.17, 15) is 18.0 Å². The van der Waals surface area contributed by atoms with Gasteiger partial charge in [0.05, 0.1) is 6.54 Å². The van der Waals surface area contributed by atoms with Crippen molar-refractivity contribution < 1.29 is 18.0 Å². The SMILES string of the molecule is Cl.Cl.Nc1ccccc1CCC(=O)N1CCN(CC(F)(F)F)CC1. The van der Waals surface area contributed by atoms with E-state index in [2.05, 4.69) is 0 Å². The second-order valence-corrected chi connectivity index (χ2v) is 5.47. The number of hydrogen-bond donors (Lipinski definition) is 1. The van der Waals surface area contributed by atoms with E-state index >= 15 is 0 Å². The highest BCUT2D eigenvalue weighted by Crippen LogP contribution is 2.18. The molecule has 0 aromatic heterocycles. The molecule has 1 saturated heterocycles. The molecule has 0 atom stereocenters. The zero-order valence-corrected chi connectivity index (χ0v) is 14.7. The molecule has 2 N–H and O–H groups in total. The molecular formula is C15H22Cl2F3N3O. The van der Waals surface area contributed by atoms with Crippen LogP contribution in [0.5, 0.6) is 0 Å². The molecule has 1 fully saturated rings. The van der Waals surface area contributed by atoms with Crippen molar-refractivity contribution in [2.75, 3.05) is 38.5 Å². The van der Waals surface area contributed by atoms with Crippen molar-refractivity contribution in [2.24, 2.45) is 0 Å². The van der Waals surface area contributed by atoms with Crippen molar-refractivity contribution >= 4 is 36.4 Å². The van der Waals surface area contributed by atoms with E-state index in [1.807, 2.05) is 18.2 Å². The van der Waals surface area contributed by atoms with Crippen LogP contribution in [-0.4, -0.2) is 54.6 Å². The van der Waals surface area contributed by atoms with Crippen LogP contribution in [0.25, 0.3) is 0 Å². The van der Waals surface area contributed by atoms with Gasteiger partial charge in [0, 0.05) is 38.3 Å². The van der Waals surface area contributed by atoms with E-state index < -0.39 is 12.7 Å². The van der Waals surface area contributed by atoms with Gasteiger partial charge < -0.3 is 10.6 Å². The van der Waals surface area contributed by atoms with E-state index in [1.54, 1.807) is 11.0 Å². The van der Waals surface area contributed by atoms with Crippen LogP contribution in [0, 0.1) is 0 Å². The molecule has 9 heteroatoms. The number of nitrogens with two attached hydrogens (primary N) is 1. The Labute approximate surface area is 152 Å². The monoisotopic (exact) mass is 387 g/mol. The maximum absolute atomic E-state index is 12.3. The Morgan fingerprint density at radius 1 is 1.08 bits per heavy atom. The smallest absolute Gasteiger partial charge is 0.399 e. The molecule has 4 nitrogen and oxygen atoms in total. The summed E-state index contributed by atoms with van der Waals surface area (Å²) in [6.45, 7) is 0.311. The van der Waals surface area contributed by atoms with Crippen LogP contribution in [0.15, 0.2) is 24.3 Å². The fraction of sp³-hybridized carbons (Fsp3) is 0.533. The van der Waals surface area contributed by atoms with Gasteiger partial charge in [-0.3, -0.25) is 9.69 Å². The third kappa shape index (κ3) is 7.15. The summed E-state index contributed by atoms with van der Waals surface area (Å²) in [6.07, 6.45) is -3.31. The molecule has 1 amide bonds. The van der Waals surface area contributed by atoms with Gasteiger partial charge in [-0.1, -0.05) is 18.2 Å². The molecule has 1 aromatic carbocycles. The van der Waals surface area contributed by atoms with Crippen LogP contribution in [0.4, 0.5) is 18.9 Å². The van der Waals surface area contributed by atoms with Gasteiger partial charge in [0.25, 0.3) is 0 Å². The van der Waals surface area contributed by atoms with Gasteiger partial charge in [-0.05, 0) is 18.1 Å². The summed E-state index contributed by atoms with van der Waals surface area (Å²) in [5.41, 5.74) is 7.40. The minimum atomic E-state index is -4.18. The first-order chi connectivity index (χ1) is 10.3. The molecule has 0 unspecified atom stereocenters. The second-order valence-electron chi connectivity index (χ2n) is 5.47. The molecule has 1 aliphatic rings. The number of benzene rings is 1. The number of para-hydroxylation sites is 1. The minimum absolute atomic E-state index is 0. The lowest BCUT2D eigenvalue weighted by molar-refractivity contribution is -0.151. The number of piperazine rings is 1. The fourth-order valence-corrected chi connectivity index (χ4v) is 2.57. The summed E-state index contributed by atoms with van der Waals surface area (Å²) in [4.78, 5) is 15.1. The number of amides is 1. The van der Waals surface area contributed by atoms with Gasteiger partial charge >= 0.3 is 6.18 Å². The maximum atomic E-state index is 12.3. The number of nitrogen functional groups attached to an aromatic ring is 1. The number of hydrogen-bond acceptors (Lipinski definition) is 3. The first-order valence-electron chi connectivity index (χ1n) is 7.25. The molecule has 1 heterocycles. The Morgan fingerprint density at radius 3 is 2.21 bits per heavy atom. The van der Waals surface area contributed by atoms with Crippen molar-refractivity contribution in [2.45, 2.75) is 19.0 Å². The molecule has 0 radical (unpaired) electrons. The van der Waals surface area contributed by atoms with Crippen LogP contribution >= 0.6 is 24.8 Å². The zero-order chi connectivity index (χ0) is 16.2. The number of alkyl halides is 3. The van der Waals surface area contributed by atoms with Crippen molar-refractivity contribution in [3.05, 3.63) is 29.8 Å². The predicted octanol–water partition coefficient (Wildman–Crippen LogP) is 2.75. The number of rotatable bonds is 4. The Balaban J connectivity index is 0.00000264. The van der Waals surface area contributed by atoms with Gasteiger partial charge in [-0.25, -0.2) is 0 Å². The van der Waals surface area contributed by atoms with E-state index in [-0.39, 0.29) is 43.8 Å². The minimum Gasteiger partial charge on any atom is -0.399 e. The van der Waals surface area contributed by atoms with Crippen LogP contribution in [0.2, 0.25) is 0 Å². The second kappa shape index (κ2) is 9.96. The zero-order valence-electron chi connectivity index (χ0n) is 13.1. The highest BCUT2D eigenvalue weighted by Gasteiger charge is 2.32. The largest absolute Gasteiger partial charge is 0.401 e. The van der Waals surface area contributed by atoms with E-state index in [0.717, 1.165) is 5.56 Å². The van der Waals surface area contributed by atoms with Crippen molar-refractivity contribution in [1.82, 2.24) is 9.80 Å². The summed E-state index contributed by atoms with van der Waals surface area (Å²) in [7, 11) is 0. The molecule has 0 bridgehead atoms. The van der Waals surface area contributed by atoms with Crippen LogP contribution < -0.4 is 5.73 Å². The standard InChI is InChI=1S/C15H20F3N3O.2ClH/c16-15(17,18)11-20-7-9-21(10-8-20)14(22)6-5-12-3-1-2-4-13(12)19;;/h1-4H,5-11,19H2;2*1H. The normalized spacial score (nSPS) is 15.4. The lowest BCUT2D eigenvalue weighted by atomic mass is 10.1. The first kappa shape index (κ1) is 22.8. The fourth-order valence-electron chi connectivity index (χ4n) is 2.57. The van der Waals surface area contributed by atoms with E-state index in [4.69, 9.17) is 5.73 Å². The number of halogens is 5. The topological polar surface area (TPSA) is 49.6 Å². The average Bonchev–Trinajstić information content (AvgIpc) is 2.45. The number of carbonyl (C=O) groups is 1. The van der Waals surface area contributed by atoms with E-state index in [1.165, 1.54) is 4.90 Å².